The summed E-state index contributed by atoms with van der Waals surface area (Å²) in [5, 5.41) is 25.1. The fraction of sp³-hybridized carbons (Fsp3) is 0.875. The molecule has 8 heteroatoms. The lowest BCUT2D eigenvalue weighted by molar-refractivity contribution is 0.130. The van der Waals surface area contributed by atoms with Crippen LogP contribution in [0.4, 0.5) is 4.79 Å². The molecule has 2 heterocycles. The van der Waals surface area contributed by atoms with Crippen molar-refractivity contribution >= 4 is 6.03 Å². The Morgan fingerprint density at radius 3 is 2.58 bits per heavy atom. The van der Waals surface area contributed by atoms with Crippen LogP contribution < -0.4 is 5.32 Å². The van der Waals surface area contributed by atoms with Gasteiger partial charge < -0.3 is 15.3 Å². The summed E-state index contributed by atoms with van der Waals surface area (Å²) in [5.41, 5.74) is 0. The molecule has 0 radical (unpaired) electrons. The SMILES string of the molecule is O=C(NC1CCCC1)N1[C@H](CO)CC[C@H]1c1nnnn1C1CCC1. The molecule has 0 bridgehead atoms. The van der Waals surface area contributed by atoms with E-state index in [-0.39, 0.29) is 30.8 Å². The van der Waals surface area contributed by atoms with Crippen LogP contribution >= 0.6 is 0 Å². The van der Waals surface area contributed by atoms with Crippen LogP contribution in [0.25, 0.3) is 0 Å². The summed E-state index contributed by atoms with van der Waals surface area (Å²) in [4.78, 5) is 14.7. The fourth-order valence-corrected chi connectivity index (χ4v) is 4.25. The smallest absolute Gasteiger partial charge is 0.318 e. The fourth-order valence-electron chi connectivity index (χ4n) is 4.25. The molecule has 24 heavy (non-hydrogen) atoms. The Balaban J connectivity index is 1.54. The topological polar surface area (TPSA) is 96.2 Å². The Kier molecular flexibility index (Phi) is 4.39. The van der Waals surface area contributed by atoms with Gasteiger partial charge >= 0.3 is 6.03 Å². The van der Waals surface area contributed by atoms with Gasteiger partial charge in [-0.3, -0.25) is 0 Å². The molecule has 0 unspecified atom stereocenters. The van der Waals surface area contributed by atoms with E-state index in [1.54, 1.807) is 4.90 Å². The number of aromatic nitrogens is 4. The zero-order chi connectivity index (χ0) is 16.5. The molecule has 8 nitrogen and oxygen atoms in total. The zero-order valence-corrected chi connectivity index (χ0v) is 14.0. The van der Waals surface area contributed by atoms with E-state index in [0.717, 1.165) is 44.3 Å². The van der Waals surface area contributed by atoms with Gasteiger partial charge in [-0.25, -0.2) is 9.48 Å². The number of aliphatic hydroxyl groups is 1. The molecule has 0 spiro atoms. The van der Waals surface area contributed by atoms with E-state index in [0.29, 0.717) is 6.04 Å². The lowest BCUT2D eigenvalue weighted by Crippen LogP contribution is -2.48. The van der Waals surface area contributed by atoms with E-state index in [9.17, 15) is 9.90 Å². The van der Waals surface area contributed by atoms with E-state index >= 15 is 0 Å². The lowest BCUT2D eigenvalue weighted by Gasteiger charge is -2.32. The number of hydrogen-bond donors (Lipinski definition) is 2. The summed E-state index contributed by atoms with van der Waals surface area (Å²) >= 11 is 0. The van der Waals surface area contributed by atoms with Gasteiger partial charge in [0.25, 0.3) is 0 Å². The zero-order valence-electron chi connectivity index (χ0n) is 14.0. The second-order valence-corrected chi connectivity index (χ2v) is 7.33. The van der Waals surface area contributed by atoms with Gasteiger partial charge in [0.1, 0.15) is 0 Å². The van der Waals surface area contributed by atoms with Crippen LogP contribution in [0.15, 0.2) is 0 Å². The summed E-state index contributed by atoms with van der Waals surface area (Å²) in [5.74, 6) is 0.775. The molecule has 2 atom stereocenters. The number of likely N-dealkylation sites (tertiary alicyclic amines) is 1. The molecule has 2 N–H and O–H groups in total. The highest BCUT2D eigenvalue weighted by Gasteiger charge is 2.42. The van der Waals surface area contributed by atoms with Gasteiger partial charge in [0.05, 0.1) is 24.7 Å². The first kappa shape index (κ1) is 15.8. The molecule has 3 fully saturated rings. The second-order valence-electron chi connectivity index (χ2n) is 7.33. The number of urea groups is 1. The van der Waals surface area contributed by atoms with E-state index < -0.39 is 0 Å². The molecule has 1 aromatic rings. The van der Waals surface area contributed by atoms with Gasteiger partial charge in [-0.15, -0.1) is 5.10 Å². The molecule has 2 saturated carbocycles. The third-order valence-corrected chi connectivity index (χ3v) is 5.87. The Labute approximate surface area is 141 Å². The average Bonchev–Trinajstić information content (AvgIpc) is 3.24. The van der Waals surface area contributed by atoms with Gasteiger partial charge in [-0.2, -0.15) is 0 Å². The second kappa shape index (κ2) is 6.66. The summed E-state index contributed by atoms with van der Waals surface area (Å²) in [6.07, 6.45) is 9.45. The van der Waals surface area contributed by atoms with E-state index in [1.165, 1.54) is 19.3 Å². The van der Waals surface area contributed by atoms with Crippen molar-refractivity contribution in [2.75, 3.05) is 6.61 Å². The van der Waals surface area contributed by atoms with Crippen LogP contribution in [0.1, 0.15) is 75.7 Å². The molecule has 1 aromatic heterocycles. The summed E-state index contributed by atoms with van der Waals surface area (Å²) in [6.45, 7) is -0.0143. The molecular weight excluding hydrogens is 308 g/mol. The monoisotopic (exact) mass is 334 g/mol. The molecule has 3 aliphatic rings. The molecule has 132 valence electrons. The van der Waals surface area contributed by atoms with Crippen LogP contribution in [0.2, 0.25) is 0 Å². The highest BCUT2D eigenvalue weighted by Crippen LogP contribution is 2.38. The Hall–Kier alpha value is -1.70. The first-order chi connectivity index (χ1) is 11.8. The number of nitrogens with one attached hydrogen (secondary N) is 1. The number of aliphatic hydroxyl groups excluding tert-OH is 1. The molecule has 2 amide bonds. The third kappa shape index (κ3) is 2.76. The minimum Gasteiger partial charge on any atom is -0.394 e. The Bertz CT molecular complexity index is 581. The largest absolute Gasteiger partial charge is 0.394 e. The van der Waals surface area contributed by atoms with Crippen LogP contribution in [0.5, 0.6) is 0 Å². The number of carbonyl (C=O) groups is 1. The third-order valence-electron chi connectivity index (χ3n) is 5.87. The highest BCUT2D eigenvalue weighted by atomic mass is 16.3. The predicted molar refractivity (Wildman–Crippen MR) is 86.2 cm³/mol. The minimum atomic E-state index is -0.150. The normalized spacial score (nSPS) is 28.3. The number of carbonyl (C=O) groups excluding carboxylic acids is 1. The van der Waals surface area contributed by atoms with Gasteiger partial charge in [0.2, 0.25) is 0 Å². The quantitative estimate of drug-likeness (QED) is 0.871. The maximum absolute atomic E-state index is 12.9. The molecule has 1 aliphatic heterocycles. The van der Waals surface area contributed by atoms with Crippen LogP contribution in [0.3, 0.4) is 0 Å². The summed E-state index contributed by atoms with van der Waals surface area (Å²) in [6, 6.07) is 0.261. The standard InChI is InChI=1S/C16H26N6O2/c23-10-13-8-9-14(15-18-19-20-22(15)12-6-3-7-12)21(13)16(24)17-11-4-1-2-5-11/h11-14,23H,1-10H2,(H,17,24)/t13-,14-/m0/s1. The van der Waals surface area contributed by atoms with Crippen LogP contribution in [-0.2, 0) is 0 Å². The van der Waals surface area contributed by atoms with Crippen molar-refractivity contribution in [1.82, 2.24) is 30.4 Å². The van der Waals surface area contributed by atoms with Crippen molar-refractivity contribution < 1.29 is 9.90 Å². The van der Waals surface area contributed by atoms with Gasteiger partial charge in [-0.1, -0.05) is 12.8 Å². The highest BCUT2D eigenvalue weighted by molar-refractivity contribution is 5.75. The number of nitrogens with zero attached hydrogens (tertiary/aromatic N) is 5. The number of amides is 2. The van der Waals surface area contributed by atoms with Crippen molar-refractivity contribution in [3.05, 3.63) is 5.82 Å². The summed E-state index contributed by atoms with van der Waals surface area (Å²) in [7, 11) is 0. The Morgan fingerprint density at radius 2 is 1.92 bits per heavy atom. The molecule has 1 saturated heterocycles. The maximum atomic E-state index is 12.9. The number of hydrogen-bond acceptors (Lipinski definition) is 5. The predicted octanol–water partition coefficient (Wildman–Crippen LogP) is 1.55. The van der Waals surface area contributed by atoms with E-state index in [4.69, 9.17) is 0 Å². The average molecular weight is 334 g/mol. The van der Waals surface area contributed by atoms with Gasteiger partial charge in [0, 0.05) is 6.04 Å². The first-order valence-corrected chi connectivity index (χ1v) is 9.25. The van der Waals surface area contributed by atoms with Gasteiger partial charge in [0.15, 0.2) is 5.82 Å². The van der Waals surface area contributed by atoms with Crippen LogP contribution in [-0.4, -0.2) is 54.9 Å². The molecule has 0 aromatic carbocycles. The lowest BCUT2D eigenvalue weighted by atomic mass is 9.93. The molecule has 4 rings (SSSR count). The number of rotatable bonds is 4. The maximum Gasteiger partial charge on any atom is 0.318 e. The van der Waals surface area contributed by atoms with Crippen molar-refractivity contribution in [2.24, 2.45) is 0 Å². The van der Waals surface area contributed by atoms with Crippen molar-refractivity contribution in [3.8, 4) is 0 Å². The molecule has 2 aliphatic carbocycles. The Morgan fingerprint density at radius 1 is 1.12 bits per heavy atom. The first-order valence-electron chi connectivity index (χ1n) is 9.25. The van der Waals surface area contributed by atoms with Crippen LogP contribution in [0, 0.1) is 0 Å². The van der Waals surface area contributed by atoms with E-state index in [1.807, 2.05) is 4.68 Å². The van der Waals surface area contributed by atoms with Gasteiger partial charge in [-0.05, 0) is 55.4 Å². The summed E-state index contributed by atoms with van der Waals surface area (Å²) < 4.78 is 1.91. The number of tetrazole rings is 1. The molecular formula is C16H26N6O2. The van der Waals surface area contributed by atoms with E-state index in [2.05, 4.69) is 20.8 Å². The van der Waals surface area contributed by atoms with Crippen molar-refractivity contribution in [1.29, 1.82) is 0 Å². The van der Waals surface area contributed by atoms with Crippen molar-refractivity contribution in [2.45, 2.75) is 82.0 Å². The minimum absolute atomic E-state index is 0.0143. The van der Waals surface area contributed by atoms with Crippen molar-refractivity contribution in [3.63, 3.8) is 0 Å².